The molecule has 0 radical (unpaired) electrons. The molecular weight excluding hydrogens is 384 g/mol. The summed E-state index contributed by atoms with van der Waals surface area (Å²) in [6, 6.07) is 11.9. The SMILES string of the molecule is Cc1cccc(C)c1NC(=O)[C@@H](C)OC(=O)c1cccc(NC(=O)OC(C)(C)C)c1. The molecule has 7 heteroatoms. The van der Waals surface area contributed by atoms with Crippen molar-refractivity contribution in [3.8, 4) is 0 Å². The number of rotatable bonds is 5. The lowest BCUT2D eigenvalue weighted by molar-refractivity contribution is -0.123. The first-order valence-electron chi connectivity index (χ1n) is 9.64. The molecule has 2 N–H and O–H groups in total. The summed E-state index contributed by atoms with van der Waals surface area (Å²) in [4.78, 5) is 36.8. The van der Waals surface area contributed by atoms with Crippen molar-refractivity contribution in [3.05, 3.63) is 59.2 Å². The van der Waals surface area contributed by atoms with Crippen LogP contribution in [0.4, 0.5) is 16.2 Å². The zero-order valence-corrected chi connectivity index (χ0v) is 18.2. The van der Waals surface area contributed by atoms with E-state index in [4.69, 9.17) is 9.47 Å². The van der Waals surface area contributed by atoms with Crippen LogP contribution >= 0.6 is 0 Å². The van der Waals surface area contributed by atoms with Crippen LogP contribution in [-0.4, -0.2) is 29.7 Å². The van der Waals surface area contributed by atoms with Crippen LogP contribution in [0.1, 0.15) is 49.2 Å². The largest absolute Gasteiger partial charge is 0.449 e. The van der Waals surface area contributed by atoms with Crippen molar-refractivity contribution in [2.24, 2.45) is 0 Å². The average Bonchev–Trinajstić information content (AvgIpc) is 2.63. The summed E-state index contributed by atoms with van der Waals surface area (Å²) in [5.74, 6) is -1.10. The van der Waals surface area contributed by atoms with E-state index < -0.39 is 29.7 Å². The van der Waals surface area contributed by atoms with Crippen LogP contribution in [0.15, 0.2) is 42.5 Å². The van der Waals surface area contributed by atoms with Gasteiger partial charge in [-0.05, 0) is 70.9 Å². The highest BCUT2D eigenvalue weighted by Gasteiger charge is 2.21. The van der Waals surface area contributed by atoms with Gasteiger partial charge in [0.15, 0.2) is 6.10 Å². The van der Waals surface area contributed by atoms with Gasteiger partial charge in [-0.25, -0.2) is 9.59 Å². The Morgan fingerprint density at radius 2 is 1.53 bits per heavy atom. The smallest absolute Gasteiger partial charge is 0.412 e. The third kappa shape index (κ3) is 6.62. The molecule has 0 aliphatic heterocycles. The molecule has 30 heavy (non-hydrogen) atoms. The number of hydrogen-bond donors (Lipinski definition) is 2. The maximum atomic E-state index is 12.5. The van der Waals surface area contributed by atoms with Gasteiger partial charge in [0.2, 0.25) is 0 Å². The number of anilines is 2. The highest BCUT2D eigenvalue weighted by atomic mass is 16.6. The molecule has 2 rings (SSSR count). The lowest BCUT2D eigenvalue weighted by Gasteiger charge is -2.20. The number of carbonyl (C=O) groups is 3. The number of hydrogen-bond acceptors (Lipinski definition) is 5. The molecule has 2 amide bonds. The Morgan fingerprint density at radius 3 is 2.13 bits per heavy atom. The van der Waals surface area contributed by atoms with Crippen LogP contribution in [0, 0.1) is 13.8 Å². The second kappa shape index (κ2) is 9.43. The van der Waals surface area contributed by atoms with Gasteiger partial charge in [-0.2, -0.15) is 0 Å². The van der Waals surface area contributed by atoms with E-state index in [1.54, 1.807) is 39.0 Å². The highest BCUT2D eigenvalue weighted by Crippen LogP contribution is 2.20. The number of nitrogens with one attached hydrogen (secondary N) is 2. The van der Waals surface area contributed by atoms with Gasteiger partial charge in [-0.3, -0.25) is 10.1 Å². The van der Waals surface area contributed by atoms with Gasteiger partial charge >= 0.3 is 12.1 Å². The molecule has 2 aromatic rings. The fourth-order valence-electron chi connectivity index (χ4n) is 2.66. The maximum Gasteiger partial charge on any atom is 0.412 e. The Kier molecular flexibility index (Phi) is 7.21. The molecule has 0 aromatic heterocycles. The minimum Gasteiger partial charge on any atom is -0.449 e. The molecule has 2 aromatic carbocycles. The molecule has 0 spiro atoms. The predicted molar refractivity (Wildman–Crippen MR) is 116 cm³/mol. The first-order chi connectivity index (χ1) is 14.0. The minimum atomic E-state index is -1.00. The fraction of sp³-hybridized carbons (Fsp3) is 0.348. The first kappa shape index (κ1) is 22.9. The van der Waals surface area contributed by atoms with Crippen LogP contribution in [0.25, 0.3) is 0 Å². The number of benzene rings is 2. The normalized spacial score (nSPS) is 11.9. The Hall–Kier alpha value is -3.35. The molecule has 0 bridgehead atoms. The van der Waals surface area contributed by atoms with Crippen LogP contribution < -0.4 is 10.6 Å². The molecule has 0 aliphatic rings. The van der Waals surface area contributed by atoms with Crippen molar-refractivity contribution in [2.45, 2.75) is 53.2 Å². The van der Waals surface area contributed by atoms with Crippen molar-refractivity contribution in [1.82, 2.24) is 0 Å². The Morgan fingerprint density at radius 1 is 0.933 bits per heavy atom. The zero-order valence-electron chi connectivity index (χ0n) is 18.2. The summed E-state index contributed by atoms with van der Waals surface area (Å²) >= 11 is 0. The molecule has 1 atom stereocenters. The van der Waals surface area contributed by atoms with Gasteiger partial charge in [0.1, 0.15) is 5.60 Å². The molecule has 0 saturated carbocycles. The van der Waals surface area contributed by atoms with E-state index >= 15 is 0 Å². The number of aryl methyl sites for hydroxylation is 2. The van der Waals surface area contributed by atoms with Crippen molar-refractivity contribution in [3.63, 3.8) is 0 Å². The number of carbonyl (C=O) groups excluding carboxylic acids is 3. The van der Waals surface area contributed by atoms with Crippen LogP contribution in [0.5, 0.6) is 0 Å². The lowest BCUT2D eigenvalue weighted by atomic mass is 10.1. The average molecular weight is 412 g/mol. The monoisotopic (exact) mass is 412 g/mol. The summed E-state index contributed by atoms with van der Waals surface area (Å²) in [7, 11) is 0. The zero-order chi connectivity index (χ0) is 22.5. The first-order valence-corrected chi connectivity index (χ1v) is 9.64. The second-order valence-electron chi connectivity index (χ2n) is 8.01. The summed E-state index contributed by atoms with van der Waals surface area (Å²) in [6.07, 6.45) is -1.63. The third-order valence-electron chi connectivity index (χ3n) is 4.13. The predicted octanol–water partition coefficient (Wildman–Crippen LogP) is 4.83. The van der Waals surface area contributed by atoms with E-state index in [1.165, 1.54) is 13.0 Å². The van der Waals surface area contributed by atoms with Gasteiger partial charge in [0.05, 0.1) is 5.56 Å². The lowest BCUT2D eigenvalue weighted by Crippen LogP contribution is -2.30. The Balaban J connectivity index is 2.01. The summed E-state index contributed by atoms with van der Waals surface area (Å²) in [6.45, 7) is 10.6. The topological polar surface area (TPSA) is 93.7 Å². The summed E-state index contributed by atoms with van der Waals surface area (Å²) in [5, 5.41) is 5.37. The van der Waals surface area contributed by atoms with Crippen LogP contribution in [0.2, 0.25) is 0 Å². The van der Waals surface area contributed by atoms with Gasteiger partial charge in [0.25, 0.3) is 5.91 Å². The molecule has 160 valence electrons. The van der Waals surface area contributed by atoms with Gasteiger partial charge in [-0.1, -0.05) is 24.3 Å². The molecule has 0 fully saturated rings. The quantitative estimate of drug-likeness (QED) is 0.686. The molecule has 0 saturated heterocycles. The number of amides is 2. The van der Waals surface area contributed by atoms with Crippen molar-refractivity contribution in [1.29, 1.82) is 0 Å². The van der Waals surface area contributed by atoms with Crippen molar-refractivity contribution < 1.29 is 23.9 Å². The van der Waals surface area contributed by atoms with Gasteiger partial charge < -0.3 is 14.8 Å². The van der Waals surface area contributed by atoms with E-state index in [0.717, 1.165) is 11.1 Å². The van der Waals surface area contributed by atoms with E-state index in [9.17, 15) is 14.4 Å². The standard InChI is InChI=1S/C23H28N2O5/c1-14-9-7-10-15(2)19(14)25-20(26)16(3)29-21(27)17-11-8-12-18(13-17)24-22(28)30-23(4,5)6/h7-13,16H,1-6H3,(H,24,28)(H,25,26)/t16-/m1/s1. The van der Waals surface area contributed by atoms with E-state index in [0.29, 0.717) is 11.4 Å². The van der Waals surface area contributed by atoms with Crippen molar-refractivity contribution in [2.75, 3.05) is 10.6 Å². The second-order valence-corrected chi connectivity index (χ2v) is 8.01. The van der Waals surface area contributed by atoms with E-state index in [1.807, 2.05) is 32.0 Å². The van der Waals surface area contributed by atoms with Crippen molar-refractivity contribution >= 4 is 29.3 Å². The van der Waals surface area contributed by atoms with Crippen LogP contribution in [-0.2, 0) is 14.3 Å². The van der Waals surface area contributed by atoms with Crippen LogP contribution in [0.3, 0.4) is 0 Å². The highest BCUT2D eigenvalue weighted by molar-refractivity contribution is 5.98. The minimum absolute atomic E-state index is 0.204. The molecule has 0 heterocycles. The molecular formula is C23H28N2O5. The molecule has 7 nitrogen and oxygen atoms in total. The Bertz CT molecular complexity index is 927. The summed E-state index contributed by atoms with van der Waals surface area (Å²) < 4.78 is 10.5. The number of esters is 1. The number of ether oxygens (including phenoxy) is 2. The molecule has 0 unspecified atom stereocenters. The van der Waals surface area contributed by atoms with Gasteiger partial charge in [-0.15, -0.1) is 0 Å². The van der Waals surface area contributed by atoms with E-state index in [2.05, 4.69) is 10.6 Å². The van der Waals surface area contributed by atoms with Gasteiger partial charge in [0, 0.05) is 11.4 Å². The molecule has 0 aliphatic carbocycles. The Labute approximate surface area is 176 Å². The maximum absolute atomic E-state index is 12.5. The number of para-hydroxylation sites is 1. The fourth-order valence-corrected chi connectivity index (χ4v) is 2.66. The third-order valence-corrected chi connectivity index (χ3v) is 4.13. The van der Waals surface area contributed by atoms with E-state index in [-0.39, 0.29) is 5.56 Å². The summed E-state index contributed by atoms with van der Waals surface area (Å²) in [5.41, 5.74) is 2.49.